The fraction of sp³-hybridized carbons (Fsp3) is 0.300. The van der Waals surface area contributed by atoms with E-state index in [1.165, 1.54) is 6.07 Å². The van der Waals surface area contributed by atoms with Crippen LogP contribution in [-0.2, 0) is 11.0 Å². The molecule has 4 N–H and O–H groups in total. The summed E-state index contributed by atoms with van der Waals surface area (Å²) in [6, 6.07) is 2.36. The molecule has 1 rings (SSSR count). The van der Waals surface area contributed by atoms with E-state index in [4.69, 9.17) is 10.8 Å². The van der Waals surface area contributed by atoms with Gasteiger partial charge in [0.15, 0.2) is 0 Å². The van der Waals surface area contributed by atoms with Gasteiger partial charge in [0, 0.05) is 0 Å². The Morgan fingerprint density at radius 3 is 2.29 bits per heavy atom. The Bertz CT molecular complexity index is 420. The zero-order valence-electron chi connectivity index (χ0n) is 8.48. The van der Waals surface area contributed by atoms with Crippen molar-refractivity contribution in [3.63, 3.8) is 0 Å². The van der Waals surface area contributed by atoms with Crippen LogP contribution in [0.2, 0.25) is 0 Å². The van der Waals surface area contributed by atoms with Crippen LogP contribution >= 0.6 is 0 Å². The van der Waals surface area contributed by atoms with Crippen molar-refractivity contribution in [2.24, 2.45) is 5.73 Å². The van der Waals surface area contributed by atoms with Crippen molar-refractivity contribution < 1.29 is 28.2 Å². The van der Waals surface area contributed by atoms with Gasteiger partial charge in [-0.2, -0.15) is 13.2 Å². The molecule has 1 aromatic rings. The van der Waals surface area contributed by atoms with Crippen molar-refractivity contribution in [1.82, 2.24) is 0 Å². The van der Waals surface area contributed by atoms with Gasteiger partial charge < -0.3 is 15.9 Å². The van der Waals surface area contributed by atoms with Gasteiger partial charge in [-0.05, 0) is 11.6 Å². The molecule has 94 valence electrons. The Kier molecular flexibility index (Phi) is 3.74. The number of carboxylic acids is 1. The second-order valence-electron chi connectivity index (χ2n) is 3.39. The van der Waals surface area contributed by atoms with Gasteiger partial charge in [0.25, 0.3) is 0 Å². The summed E-state index contributed by atoms with van der Waals surface area (Å²) in [7, 11) is 0. The molecule has 0 spiro atoms. The lowest BCUT2D eigenvalue weighted by molar-refractivity contribution is -0.144. The predicted octanol–water partition coefficient (Wildman–Crippen LogP) is 1.15. The smallest absolute Gasteiger partial charge is 0.416 e. The summed E-state index contributed by atoms with van der Waals surface area (Å²) in [5, 5.41) is 18.0. The van der Waals surface area contributed by atoms with Crippen LogP contribution < -0.4 is 5.73 Å². The van der Waals surface area contributed by atoms with E-state index in [2.05, 4.69) is 0 Å². The minimum absolute atomic E-state index is 0.546. The topological polar surface area (TPSA) is 83.6 Å². The molecule has 1 aromatic carbocycles. The van der Waals surface area contributed by atoms with Crippen LogP contribution in [0.3, 0.4) is 0 Å². The zero-order valence-corrected chi connectivity index (χ0v) is 8.48. The zero-order chi connectivity index (χ0) is 13.2. The molecule has 0 aromatic heterocycles. The number of rotatable bonds is 3. The molecule has 4 nitrogen and oxygen atoms in total. The molecule has 0 bridgehead atoms. The first-order valence-electron chi connectivity index (χ1n) is 4.57. The molecule has 0 radical (unpaired) electrons. The lowest BCUT2D eigenvalue weighted by Crippen LogP contribution is -2.37. The number of hydrogen-bond acceptors (Lipinski definition) is 3. The molecule has 2 unspecified atom stereocenters. The number of carboxylic acid groups (broad SMARTS) is 1. The van der Waals surface area contributed by atoms with Crippen LogP contribution in [0.1, 0.15) is 17.2 Å². The highest BCUT2D eigenvalue weighted by Crippen LogP contribution is 2.35. The van der Waals surface area contributed by atoms with Crippen molar-refractivity contribution in [1.29, 1.82) is 0 Å². The average Bonchev–Trinajstić information content (AvgIpc) is 2.25. The van der Waals surface area contributed by atoms with E-state index in [1.807, 2.05) is 0 Å². The van der Waals surface area contributed by atoms with Crippen LogP contribution in [0, 0.1) is 0 Å². The second kappa shape index (κ2) is 4.72. The Labute approximate surface area is 94.5 Å². The van der Waals surface area contributed by atoms with Crippen LogP contribution in [0.5, 0.6) is 0 Å². The maximum Gasteiger partial charge on any atom is 0.416 e. The fourth-order valence-electron chi connectivity index (χ4n) is 1.34. The highest BCUT2D eigenvalue weighted by atomic mass is 19.4. The second-order valence-corrected chi connectivity index (χ2v) is 3.39. The minimum Gasteiger partial charge on any atom is -0.480 e. The van der Waals surface area contributed by atoms with Gasteiger partial charge in [-0.1, -0.05) is 18.2 Å². The van der Waals surface area contributed by atoms with Crippen molar-refractivity contribution in [3.8, 4) is 0 Å². The molecule has 0 fully saturated rings. The van der Waals surface area contributed by atoms with Gasteiger partial charge >= 0.3 is 12.1 Å². The maximum atomic E-state index is 12.6. The highest BCUT2D eigenvalue weighted by Gasteiger charge is 2.36. The Morgan fingerprint density at radius 1 is 1.29 bits per heavy atom. The number of nitrogens with two attached hydrogens (primary N) is 1. The summed E-state index contributed by atoms with van der Waals surface area (Å²) in [6.45, 7) is 0. The average molecular weight is 249 g/mol. The summed E-state index contributed by atoms with van der Waals surface area (Å²) in [5.41, 5.74) is 3.45. The molecule has 0 heterocycles. The van der Waals surface area contributed by atoms with Crippen LogP contribution in [0.15, 0.2) is 24.3 Å². The highest BCUT2D eigenvalue weighted by molar-refractivity contribution is 5.74. The van der Waals surface area contributed by atoms with Gasteiger partial charge in [0.2, 0.25) is 0 Å². The van der Waals surface area contributed by atoms with Crippen molar-refractivity contribution in [3.05, 3.63) is 35.4 Å². The number of halogens is 3. The van der Waals surface area contributed by atoms with E-state index in [-0.39, 0.29) is 0 Å². The molecule has 2 atom stereocenters. The molecule has 0 saturated carbocycles. The summed E-state index contributed by atoms with van der Waals surface area (Å²) in [4.78, 5) is 10.5. The third kappa shape index (κ3) is 2.95. The molecule has 7 heteroatoms. The van der Waals surface area contributed by atoms with Gasteiger partial charge in [-0.3, -0.25) is 4.79 Å². The summed E-state index contributed by atoms with van der Waals surface area (Å²) in [6.07, 6.45) is -6.58. The third-order valence-electron chi connectivity index (χ3n) is 2.21. The van der Waals surface area contributed by atoms with Crippen LogP contribution in [-0.4, -0.2) is 22.2 Å². The quantitative estimate of drug-likeness (QED) is 0.750. The van der Waals surface area contributed by atoms with Crippen LogP contribution in [0.25, 0.3) is 0 Å². The van der Waals surface area contributed by atoms with Crippen molar-refractivity contribution in [2.45, 2.75) is 18.3 Å². The largest absolute Gasteiger partial charge is 0.480 e. The maximum absolute atomic E-state index is 12.6. The number of hydrogen-bond donors (Lipinski definition) is 3. The van der Waals surface area contributed by atoms with E-state index in [9.17, 15) is 23.1 Å². The molecular weight excluding hydrogens is 239 g/mol. The molecular formula is C10H10F3NO3. The molecule has 0 aliphatic carbocycles. The third-order valence-corrected chi connectivity index (χ3v) is 2.21. The lowest BCUT2D eigenvalue weighted by atomic mass is 9.97. The van der Waals surface area contributed by atoms with Crippen LogP contribution in [0.4, 0.5) is 13.2 Å². The lowest BCUT2D eigenvalue weighted by Gasteiger charge is -2.19. The van der Waals surface area contributed by atoms with E-state index in [0.717, 1.165) is 18.2 Å². The fourth-order valence-corrected chi connectivity index (χ4v) is 1.34. The van der Waals surface area contributed by atoms with E-state index < -0.39 is 35.4 Å². The standard InChI is InChI=1S/C10H10F3NO3/c11-10(12,13)6-4-2-1-3-5(6)8(15)7(14)9(16)17/h1-4,7-8,15H,14H2,(H,16,17). The van der Waals surface area contributed by atoms with E-state index >= 15 is 0 Å². The number of carbonyl (C=O) groups is 1. The van der Waals surface area contributed by atoms with E-state index in [1.54, 1.807) is 0 Å². The minimum atomic E-state index is -4.67. The summed E-state index contributed by atoms with van der Waals surface area (Å²) < 4.78 is 37.7. The monoisotopic (exact) mass is 249 g/mol. The Hall–Kier alpha value is -1.60. The van der Waals surface area contributed by atoms with E-state index in [0.29, 0.717) is 0 Å². The SMILES string of the molecule is NC(C(=O)O)C(O)c1ccccc1C(F)(F)F. The molecule has 17 heavy (non-hydrogen) atoms. The number of aliphatic hydroxyl groups is 1. The number of aliphatic carboxylic acids is 1. The number of alkyl halides is 3. The first-order valence-corrected chi connectivity index (χ1v) is 4.57. The molecule has 0 amide bonds. The summed E-state index contributed by atoms with van der Waals surface area (Å²) in [5.74, 6) is -1.57. The Balaban J connectivity index is 3.18. The molecule has 0 saturated heterocycles. The first kappa shape index (κ1) is 13.5. The Morgan fingerprint density at radius 2 is 1.82 bits per heavy atom. The van der Waals surface area contributed by atoms with Gasteiger partial charge in [0.05, 0.1) is 5.56 Å². The molecule has 0 aliphatic rings. The number of aliphatic hydroxyl groups excluding tert-OH is 1. The van der Waals surface area contributed by atoms with Gasteiger partial charge in [-0.25, -0.2) is 0 Å². The first-order chi connectivity index (χ1) is 7.75. The van der Waals surface area contributed by atoms with Gasteiger partial charge in [-0.15, -0.1) is 0 Å². The molecule has 0 aliphatic heterocycles. The van der Waals surface area contributed by atoms with Gasteiger partial charge in [0.1, 0.15) is 12.1 Å². The summed E-state index contributed by atoms with van der Waals surface area (Å²) >= 11 is 0. The predicted molar refractivity (Wildman–Crippen MR) is 52.0 cm³/mol. The van der Waals surface area contributed by atoms with Crippen molar-refractivity contribution >= 4 is 5.97 Å². The van der Waals surface area contributed by atoms with Crippen molar-refractivity contribution in [2.75, 3.05) is 0 Å². The number of benzene rings is 1. The normalized spacial score (nSPS) is 15.4.